The topological polar surface area (TPSA) is 63.4 Å². The minimum absolute atomic E-state index is 0.0656. The maximum Gasteiger partial charge on any atom is 0.236 e. The molecule has 2 unspecified atom stereocenters. The molecule has 4 heteroatoms. The van der Waals surface area contributed by atoms with Gasteiger partial charge < -0.3 is 5.73 Å². The summed E-state index contributed by atoms with van der Waals surface area (Å²) in [5.74, 6) is 0.139. The molecule has 0 aromatic rings. The summed E-state index contributed by atoms with van der Waals surface area (Å²) in [7, 11) is 0. The van der Waals surface area contributed by atoms with Gasteiger partial charge in [0.1, 0.15) is 0 Å². The van der Waals surface area contributed by atoms with Crippen LogP contribution in [0.25, 0.3) is 0 Å². The smallest absolute Gasteiger partial charge is 0.236 e. The van der Waals surface area contributed by atoms with Crippen LogP contribution in [0, 0.1) is 17.3 Å². The molecule has 0 aromatic heterocycles. The first-order chi connectivity index (χ1) is 8.11. The Balaban J connectivity index is 3.20. The van der Waals surface area contributed by atoms with Crippen LogP contribution in [0.5, 0.6) is 0 Å². The number of rotatable bonds is 4. The number of amides is 2. The molecule has 104 valence electrons. The van der Waals surface area contributed by atoms with Gasteiger partial charge in [-0.15, -0.1) is 0 Å². The Morgan fingerprint density at radius 3 is 2.11 bits per heavy atom. The molecule has 2 amide bonds. The van der Waals surface area contributed by atoms with Crippen LogP contribution in [0.1, 0.15) is 48.0 Å². The van der Waals surface area contributed by atoms with Crippen molar-refractivity contribution in [2.45, 2.75) is 53.5 Å². The van der Waals surface area contributed by atoms with Crippen molar-refractivity contribution in [3.63, 3.8) is 0 Å². The van der Waals surface area contributed by atoms with Crippen LogP contribution in [0.4, 0.5) is 0 Å². The van der Waals surface area contributed by atoms with Crippen LogP contribution >= 0.6 is 0 Å². The van der Waals surface area contributed by atoms with Crippen LogP contribution in [0.15, 0.2) is 0 Å². The summed E-state index contributed by atoms with van der Waals surface area (Å²) in [4.78, 5) is 26.3. The van der Waals surface area contributed by atoms with E-state index in [-0.39, 0.29) is 23.7 Å². The molecule has 0 aromatic carbocycles. The van der Waals surface area contributed by atoms with Gasteiger partial charge in [-0.2, -0.15) is 0 Å². The van der Waals surface area contributed by atoms with Crippen LogP contribution < -0.4 is 5.73 Å². The summed E-state index contributed by atoms with van der Waals surface area (Å²) in [5, 5.41) is 0. The largest absolute Gasteiger partial charge is 0.328 e. The maximum absolute atomic E-state index is 12.6. The first kappa shape index (κ1) is 15.2. The Morgan fingerprint density at radius 1 is 1.33 bits per heavy atom. The number of carbonyl (C=O) groups excluding carboxylic acids is 2. The van der Waals surface area contributed by atoms with Crippen LogP contribution in [0.2, 0.25) is 0 Å². The lowest BCUT2D eigenvalue weighted by molar-refractivity contribution is -0.150. The van der Waals surface area contributed by atoms with Crippen molar-refractivity contribution in [3.05, 3.63) is 0 Å². The molecule has 0 aliphatic carbocycles. The van der Waals surface area contributed by atoms with Gasteiger partial charge in [0.05, 0.1) is 11.0 Å². The van der Waals surface area contributed by atoms with Gasteiger partial charge in [-0.05, 0) is 25.7 Å². The SMILES string of the molecule is CC(C)C1(C)CC(=O)N(C(C)(CN)C(C)C)C1=O. The number of nitrogens with zero attached hydrogens (tertiary/aromatic N) is 1. The molecular weight excluding hydrogens is 228 g/mol. The standard InChI is InChI=1S/C14H26N2O2/c1-9(2)13(5)7-11(17)16(12(13)18)14(6,8-15)10(3)4/h9-10H,7-8,15H2,1-6H3. The lowest BCUT2D eigenvalue weighted by Gasteiger charge is -2.41. The molecule has 1 fully saturated rings. The Hall–Kier alpha value is -0.900. The zero-order valence-electron chi connectivity index (χ0n) is 12.4. The van der Waals surface area contributed by atoms with E-state index in [0.717, 1.165) is 0 Å². The number of likely N-dealkylation sites (tertiary alicyclic amines) is 1. The molecule has 0 bridgehead atoms. The van der Waals surface area contributed by atoms with Crippen molar-refractivity contribution in [3.8, 4) is 0 Å². The molecule has 0 radical (unpaired) electrons. The molecular formula is C14H26N2O2. The Morgan fingerprint density at radius 2 is 1.83 bits per heavy atom. The first-order valence-corrected chi connectivity index (χ1v) is 6.68. The molecule has 1 aliphatic heterocycles. The summed E-state index contributed by atoms with van der Waals surface area (Å²) in [5.41, 5.74) is 4.67. The highest BCUT2D eigenvalue weighted by molar-refractivity contribution is 6.06. The van der Waals surface area contributed by atoms with E-state index in [0.29, 0.717) is 13.0 Å². The second kappa shape index (κ2) is 4.65. The van der Waals surface area contributed by atoms with E-state index >= 15 is 0 Å². The van der Waals surface area contributed by atoms with E-state index < -0.39 is 11.0 Å². The lowest BCUT2D eigenvalue weighted by atomic mass is 9.77. The van der Waals surface area contributed by atoms with Gasteiger partial charge in [-0.1, -0.05) is 27.7 Å². The van der Waals surface area contributed by atoms with Gasteiger partial charge in [-0.3, -0.25) is 14.5 Å². The second-order valence-electron chi connectivity index (χ2n) is 6.50. The van der Waals surface area contributed by atoms with E-state index in [2.05, 4.69) is 0 Å². The normalized spacial score (nSPS) is 28.4. The molecule has 1 saturated heterocycles. The number of imide groups is 1. The summed E-state index contributed by atoms with van der Waals surface area (Å²) >= 11 is 0. The van der Waals surface area contributed by atoms with Gasteiger partial charge in [-0.25, -0.2) is 0 Å². The highest BCUT2D eigenvalue weighted by Gasteiger charge is 2.55. The zero-order chi connectivity index (χ0) is 14.3. The van der Waals surface area contributed by atoms with Crippen molar-refractivity contribution in [2.75, 3.05) is 6.54 Å². The van der Waals surface area contributed by atoms with E-state index in [4.69, 9.17) is 5.73 Å². The third-order valence-corrected chi connectivity index (χ3v) is 4.90. The van der Waals surface area contributed by atoms with Crippen molar-refractivity contribution < 1.29 is 9.59 Å². The quantitative estimate of drug-likeness (QED) is 0.778. The Bertz CT molecular complexity index is 365. The molecule has 4 nitrogen and oxygen atoms in total. The van der Waals surface area contributed by atoms with E-state index in [1.165, 1.54) is 4.90 Å². The number of carbonyl (C=O) groups is 2. The van der Waals surface area contributed by atoms with Crippen LogP contribution in [-0.2, 0) is 9.59 Å². The second-order valence-corrected chi connectivity index (χ2v) is 6.50. The average molecular weight is 254 g/mol. The molecule has 18 heavy (non-hydrogen) atoms. The van der Waals surface area contributed by atoms with Crippen molar-refractivity contribution in [2.24, 2.45) is 23.0 Å². The third-order valence-electron chi connectivity index (χ3n) is 4.90. The Labute approximate surface area is 110 Å². The molecule has 0 saturated carbocycles. The average Bonchev–Trinajstić information content (AvgIpc) is 2.50. The third kappa shape index (κ3) is 1.96. The van der Waals surface area contributed by atoms with Gasteiger partial charge in [0.15, 0.2) is 0 Å². The van der Waals surface area contributed by atoms with Gasteiger partial charge in [0.2, 0.25) is 11.8 Å². The van der Waals surface area contributed by atoms with Crippen molar-refractivity contribution >= 4 is 11.8 Å². The predicted octanol–water partition coefficient (Wildman–Crippen LogP) is 1.78. The van der Waals surface area contributed by atoms with Gasteiger partial charge in [0, 0.05) is 13.0 Å². The number of hydrogen-bond acceptors (Lipinski definition) is 3. The monoisotopic (exact) mass is 254 g/mol. The fourth-order valence-corrected chi connectivity index (χ4v) is 2.39. The van der Waals surface area contributed by atoms with Crippen molar-refractivity contribution in [1.29, 1.82) is 0 Å². The molecule has 1 aliphatic rings. The molecule has 1 heterocycles. The van der Waals surface area contributed by atoms with E-state index in [1.807, 2.05) is 41.5 Å². The molecule has 0 spiro atoms. The molecule has 2 N–H and O–H groups in total. The summed E-state index contributed by atoms with van der Waals surface area (Å²) in [6.45, 7) is 12.1. The van der Waals surface area contributed by atoms with Crippen molar-refractivity contribution in [1.82, 2.24) is 4.90 Å². The van der Waals surface area contributed by atoms with E-state index in [9.17, 15) is 9.59 Å². The first-order valence-electron chi connectivity index (χ1n) is 6.68. The predicted molar refractivity (Wildman–Crippen MR) is 71.7 cm³/mol. The number of hydrogen-bond donors (Lipinski definition) is 1. The lowest BCUT2D eigenvalue weighted by Crippen LogP contribution is -2.58. The minimum atomic E-state index is -0.583. The fourth-order valence-electron chi connectivity index (χ4n) is 2.39. The van der Waals surface area contributed by atoms with Gasteiger partial charge >= 0.3 is 0 Å². The van der Waals surface area contributed by atoms with Crippen LogP contribution in [-0.4, -0.2) is 28.8 Å². The number of nitrogens with two attached hydrogens (primary N) is 1. The summed E-state index contributed by atoms with van der Waals surface area (Å²) < 4.78 is 0. The minimum Gasteiger partial charge on any atom is -0.328 e. The maximum atomic E-state index is 12.6. The highest BCUT2D eigenvalue weighted by Crippen LogP contribution is 2.43. The fraction of sp³-hybridized carbons (Fsp3) is 0.857. The highest BCUT2D eigenvalue weighted by atomic mass is 16.2. The molecule has 2 atom stereocenters. The van der Waals surface area contributed by atoms with Crippen LogP contribution in [0.3, 0.4) is 0 Å². The molecule has 1 rings (SSSR count). The zero-order valence-corrected chi connectivity index (χ0v) is 12.4. The summed E-state index contributed by atoms with van der Waals surface area (Å²) in [6, 6.07) is 0. The Kier molecular flexibility index (Phi) is 3.92. The van der Waals surface area contributed by atoms with E-state index in [1.54, 1.807) is 0 Å². The summed E-state index contributed by atoms with van der Waals surface area (Å²) in [6.07, 6.45) is 0.297. The van der Waals surface area contributed by atoms with Gasteiger partial charge in [0.25, 0.3) is 0 Å².